The monoisotopic (exact) mass is 322 g/mol. The van der Waals surface area contributed by atoms with Gasteiger partial charge in [0.05, 0.1) is 19.0 Å². The minimum absolute atomic E-state index is 0.0813. The van der Waals surface area contributed by atoms with E-state index in [1.54, 1.807) is 23.9 Å². The summed E-state index contributed by atoms with van der Waals surface area (Å²) in [5, 5.41) is 9.48. The molecular weight excluding hydrogens is 300 g/mol. The number of nitrogens with zero attached hydrogens (tertiary/aromatic N) is 2. The highest BCUT2D eigenvalue weighted by Crippen LogP contribution is 2.38. The maximum Gasteiger partial charge on any atom is 0.233 e. The largest absolute Gasteiger partial charge is 0.508 e. The van der Waals surface area contributed by atoms with E-state index >= 15 is 0 Å². The van der Waals surface area contributed by atoms with Crippen LogP contribution in [0.4, 0.5) is 0 Å². The molecule has 0 unspecified atom stereocenters. The molecular formula is C16H22N2O3S. The second-order valence-corrected chi connectivity index (χ2v) is 6.72. The maximum atomic E-state index is 12.1. The van der Waals surface area contributed by atoms with Crippen molar-refractivity contribution in [2.45, 2.75) is 11.8 Å². The van der Waals surface area contributed by atoms with E-state index in [2.05, 4.69) is 4.90 Å². The summed E-state index contributed by atoms with van der Waals surface area (Å²) in [5.41, 5.74) is 1.08. The lowest BCUT2D eigenvalue weighted by Gasteiger charge is -2.29. The summed E-state index contributed by atoms with van der Waals surface area (Å²) in [6, 6.07) is 7.18. The molecule has 2 aliphatic rings. The zero-order valence-electron chi connectivity index (χ0n) is 12.6. The van der Waals surface area contributed by atoms with Crippen LogP contribution in [0.15, 0.2) is 24.3 Å². The van der Waals surface area contributed by atoms with Crippen molar-refractivity contribution in [1.82, 2.24) is 9.80 Å². The van der Waals surface area contributed by atoms with Crippen molar-refractivity contribution >= 4 is 17.7 Å². The number of ether oxygens (including phenoxy) is 1. The molecule has 6 heteroatoms. The fourth-order valence-corrected chi connectivity index (χ4v) is 4.12. The number of phenolic OH excluding ortho intramolecular Hbond substituents is 1. The first-order valence-electron chi connectivity index (χ1n) is 7.74. The van der Waals surface area contributed by atoms with Crippen molar-refractivity contribution in [3.63, 3.8) is 0 Å². The Morgan fingerprint density at radius 2 is 1.91 bits per heavy atom. The molecule has 2 saturated heterocycles. The van der Waals surface area contributed by atoms with E-state index in [4.69, 9.17) is 4.74 Å². The molecule has 0 aromatic heterocycles. The van der Waals surface area contributed by atoms with Crippen LogP contribution in [0, 0.1) is 0 Å². The van der Waals surface area contributed by atoms with Gasteiger partial charge in [-0.1, -0.05) is 12.1 Å². The highest BCUT2D eigenvalue weighted by molar-refractivity contribution is 8.00. The van der Waals surface area contributed by atoms with Gasteiger partial charge < -0.3 is 14.7 Å². The van der Waals surface area contributed by atoms with Crippen molar-refractivity contribution in [2.24, 2.45) is 0 Å². The predicted molar refractivity (Wildman–Crippen MR) is 86.9 cm³/mol. The normalized spacial score (nSPS) is 23.2. The second kappa shape index (κ2) is 7.35. The van der Waals surface area contributed by atoms with Gasteiger partial charge in [0.25, 0.3) is 0 Å². The molecule has 0 aliphatic carbocycles. The molecule has 22 heavy (non-hydrogen) atoms. The number of carbonyl (C=O) groups is 1. The first-order valence-corrected chi connectivity index (χ1v) is 8.79. The summed E-state index contributed by atoms with van der Waals surface area (Å²) in [5.74, 6) is 1.02. The van der Waals surface area contributed by atoms with E-state index in [9.17, 15) is 9.90 Å². The number of phenols is 1. The quantitative estimate of drug-likeness (QED) is 0.894. The molecule has 2 heterocycles. The number of aromatic hydroxyl groups is 1. The molecule has 0 bridgehead atoms. The van der Waals surface area contributed by atoms with E-state index in [0.29, 0.717) is 5.75 Å². The van der Waals surface area contributed by atoms with Crippen LogP contribution in [0.25, 0.3) is 0 Å². The molecule has 1 aromatic carbocycles. The van der Waals surface area contributed by atoms with Gasteiger partial charge in [0.2, 0.25) is 5.91 Å². The number of rotatable bonds is 5. The first-order chi connectivity index (χ1) is 10.7. The number of hydrogen-bond acceptors (Lipinski definition) is 5. The number of carbonyl (C=O) groups excluding carboxylic acids is 1. The molecule has 0 radical (unpaired) electrons. The molecule has 2 fully saturated rings. The van der Waals surface area contributed by atoms with E-state index in [1.807, 2.05) is 17.0 Å². The van der Waals surface area contributed by atoms with Gasteiger partial charge in [-0.2, -0.15) is 0 Å². The third-order valence-electron chi connectivity index (χ3n) is 4.12. The van der Waals surface area contributed by atoms with Gasteiger partial charge in [-0.3, -0.25) is 9.69 Å². The van der Waals surface area contributed by atoms with Crippen molar-refractivity contribution in [2.75, 3.05) is 45.1 Å². The van der Waals surface area contributed by atoms with Crippen LogP contribution in [0.3, 0.4) is 0 Å². The zero-order chi connectivity index (χ0) is 15.4. The average molecular weight is 322 g/mol. The van der Waals surface area contributed by atoms with Crippen molar-refractivity contribution in [3.05, 3.63) is 29.8 Å². The van der Waals surface area contributed by atoms with Gasteiger partial charge in [0, 0.05) is 26.2 Å². The third-order valence-corrected chi connectivity index (χ3v) is 5.38. The van der Waals surface area contributed by atoms with E-state index in [-0.39, 0.29) is 17.0 Å². The van der Waals surface area contributed by atoms with Crippen molar-refractivity contribution < 1.29 is 14.6 Å². The number of hydrogen-bond donors (Lipinski definition) is 1. The average Bonchev–Trinajstić information content (AvgIpc) is 2.90. The predicted octanol–water partition coefficient (Wildman–Crippen LogP) is 1.69. The summed E-state index contributed by atoms with van der Waals surface area (Å²) in [6.45, 7) is 5.41. The van der Waals surface area contributed by atoms with Crippen molar-refractivity contribution in [3.8, 4) is 5.75 Å². The lowest BCUT2D eigenvalue weighted by atomic mass is 10.2. The Morgan fingerprint density at radius 3 is 2.64 bits per heavy atom. The molecule has 0 saturated carbocycles. The Kier molecular flexibility index (Phi) is 5.23. The summed E-state index contributed by atoms with van der Waals surface area (Å²) < 4.78 is 5.35. The molecule has 0 spiro atoms. The van der Waals surface area contributed by atoms with Gasteiger partial charge >= 0.3 is 0 Å². The fourth-order valence-electron chi connectivity index (χ4n) is 2.90. The van der Waals surface area contributed by atoms with Crippen LogP contribution in [0.5, 0.6) is 5.75 Å². The maximum absolute atomic E-state index is 12.1. The number of amides is 1. The summed E-state index contributed by atoms with van der Waals surface area (Å²) in [4.78, 5) is 16.5. The van der Waals surface area contributed by atoms with Gasteiger partial charge in [-0.15, -0.1) is 11.8 Å². The van der Waals surface area contributed by atoms with E-state index < -0.39 is 0 Å². The molecule has 2 aliphatic heterocycles. The van der Waals surface area contributed by atoms with Crippen LogP contribution in [0.2, 0.25) is 0 Å². The standard InChI is InChI=1S/C16H22N2O3S/c19-14-4-2-13(3-5-14)16-18(15(20)12-22-16)7-1-6-17-8-10-21-11-9-17/h2-5,16,19H,1,6-12H2/t16-/m1/s1. The van der Waals surface area contributed by atoms with Crippen LogP contribution >= 0.6 is 11.8 Å². The molecule has 1 aromatic rings. The third kappa shape index (κ3) is 3.74. The van der Waals surface area contributed by atoms with E-state index in [0.717, 1.165) is 51.4 Å². The highest BCUT2D eigenvalue weighted by Gasteiger charge is 2.32. The molecule has 120 valence electrons. The minimum atomic E-state index is 0.0813. The minimum Gasteiger partial charge on any atom is -0.508 e. The van der Waals surface area contributed by atoms with E-state index in [1.165, 1.54) is 0 Å². The van der Waals surface area contributed by atoms with Gasteiger partial charge in [-0.25, -0.2) is 0 Å². The summed E-state index contributed by atoms with van der Waals surface area (Å²) >= 11 is 1.66. The van der Waals surface area contributed by atoms with Crippen molar-refractivity contribution in [1.29, 1.82) is 0 Å². The Labute approximate surface area is 135 Å². The number of benzene rings is 1. The SMILES string of the molecule is O=C1CS[C@H](c2ccc(O)cc2)N1CCCN1CCOCC1. The van der Waals surface area contributed by atoms with Crippen LogP contribution in [0.1, 0.15) is 17.4 Å². The second-order valence-electron chi connectivity index (χ2n) is 5.65. The first kappa shape index (κ1) is 15.6. The Bertz CT molecular complexity index is 503. The number of morpholine rings is 1. The summed E-state index contributed by atoms with van der Waals surface area (Å²) in [6.07, 6.45) is 0.987. The molecule has 5 nitrogen and oxygen atoms in total. The molecule has 3 rings (SSSR count). The Balaban J connectivity index is 1.55. The highest BCUT2D eigenvalue weighted by atomic mass is 32.2. The summed E-state index contributed by atoms with van der Waals surface area (Å²) in [7, 11) is 0. The Hall–Kier alpha value is -1.24. The topological polar surface area (TPSA) is 53.0 Å². The fraction of sp³-hybridized carbons (Fsp3) is 0.562. The smallest absolute Gasteiger partial charge is 0.233 e. The lowest BCUT2D eigenvalue weighted by molar-refractivity contribution is -0.128. The van der Waals surface area contributed by atoms with Gasteiger partial charge in [-0.05, 0) is 24.1 Å². The van der Waals surface area contributed by atoms with Gasteiger partial charge in [0.15, 0.2) is 0 Å². The molecule has 1 amide bonds. The van der Waals surface area contributed by atoms with Crippen LogP contribution in [-0.2, 0) is 9.53 Å². The lowest BCUT2D eigenvalue weighted by Crippen LogP contribution is -2.38. The Morgan fingerprint density at radius 1 is 1.18 bits per heavy atom. The van der Waals surface area contributed by atoms with Gasteiger partial charge in [0.1, 0.15) is 11.1 Å². The molecule has 1 N–H and O–H groups in total. The van der Waals surface area contributed by atoms with Crippen LogP contribution in [-0.4, -0.2) is 66.0 Å². The zero-order valence-corrected chi connectivity index (χ0v) is 13.4. The van der Waals surface area contributed by atoms with Crippen LogP contribution < -0.4 is 0 Å². The molecule has 1 atom stereocenters. The number of thioether (sulfide) groups is 1.